The van der Waals surface area contributed by atoms with Crippen LogP contribution in [-0.4, -0.2) is 31.1 Å². The molecule has 0 aromatic heterocycles. The van der Waals surface area contributed by atoms with E-state index < -0.39 is 3.65 Å². The van der Waals surface area contributed by atoms with Gasteiger partial charge in [0.05, 0.1) is 0 Å². The third kappa shape index (κ3) is 63.9. The van der Waals surface area contributed by atoms with E-state index in [2.05, 4.69) is 0 Å². The Kier molecular flexibility index (Phi) is 1.69. The Labute approximate surface area is 45.3 Å². The first-order valence-electron chi connectivity index (χ1n) is 1.45. The van der Waals surface area contributed by atoms with Crippen LogP contribution < -0.4 is 0 Å². The average molecular weight is 188 g/mol. The molecule has 0 unspecified atom stereocenters. The molecule has 0 rings (SSSR count). The van der Waals surface area contributed by atoms with Crippen LogP contribution >= 0.6 is 0 Å². The van der Waals surface area contributed by atoms with Crippen molar-refractivity contribution in [3.63, 3.8) is 0 Å². The summed E-state index contributed by atoms with van der Waals surface area (Å²) < 4.78 is -0.450. The van der Waals surface area contributed by atoms with Crippen molar-refractivity contribution in [1.29, 1.82) is 0 Å². The van der Waals surface area contributed by atoms with Gasteiger partial charge in [0, 0.05) is 0 Å². The summed E-state index contributed by atoms with van der Waals surface area (Å²) in [5.74, 6) is 0. The standard InChI is InChI=1S/C3H8OTe/c1-3(2,4)5/h4-5H,1-2H3. The van der Waals surface area contributed by atoms with E-state index in [-0.39, 0.29) is 0 Å². The molecule has 0 aromatic carbocycles. The van der Waals surface area contributed by atoms with Gasteiger partial charge in [-0.2, -0.15) is 0 Å². The van der Waals surface area contributed by atoms with Crippen LogP contribution in [0.15, 0.2) is 0 Å². The Hall–Kier alpha value is 0.750. The quantitative estimate of drug-likeness (QED) is 0.513. The van der Waals surface area contributed by atoms with E-state index in [1.54, 1.807) is 13.8 Å². The molecule has 0 radical (unpaired) electrons. The molecule has 0 spiro atoms. The fraction of sp³-hybridized carbons (Fsp3) is 1.00. The first-order valence-corrected chi connectivity index (χ1v) is 2.72. The first kappa shape index (κ1) is 5.75. The van der Waals surface area contributed by atoms with Gasteiger partial charge in [-0.15, -0.1) is 0 Å². The maximum absolute atomic E-state index is 8.54. The van der Waals surface area contributed by atoms with Gasteiger partial charge < -0.3 is 0 Å². The van der Waals surface area contributed by atoms with Crippen molar-refractivity contribution >= 4 is 22.3 Å². The van der Waals surface area contributed by atoms with Crippen LogP contribution in [0.2, 0.25) is 0 Å². The van der Waals surface area contributed by atoms with E-state index in [0.717, 1.165) is 0 Å². The van der Waals surface area contributed by atoms with Crippen LogP contribution in [0.25, 0.3) is 0 Å². The molecule has 0 aliphatic heterocycles. The van der Waals surface area contributed by atoms with Gasteiger partial charge in [0.25, 0.3) is 0 Å². The minimum atomic E-state index is -0.450. The Morgan fingerprint density at radius 2 is 1.60 bits per heavy atom. The summed E-state index contributed by atoms with van der Waals surface area (Å²) in [6.45, 7) is 3.53. The van der Waals surface area contributed by atoms with Crippen LogP contribution in [-0.2, 0) is 0 Å². The molecule has 5 heavy (non-hydrogen) atoms. The SMILES string of the molecule is CC(C)(O)[TeH]. The molecule has 1 N–H and O–H groups in total. The van der Waals surface area contributed by atoms with Gasteiger partial charge in [0.1, 0.15) is 0 Å². The Morgan fingerprint density at radius 1 is 1.60 bits per heavy atom. The zero-order valence-corrected chi connectivity index (χ0v) is 5.95. The molecule has 0 saturated heterocycles. The number of aliphatic hydroxyl groups is 1. The normalized spacial score (nSPS) is 12.0. The Morgan fingerprint density at radius 3 is 1.60 bits per heavy atom. The average Bonchev–Trinajstić information content (AvgIpc) is 0.722. The van der Waals surface area contributed by atoms with Crippen molar-refractivity contribution in [2.24, 2.45) is 0 Å². The van der Waals surface area contributed by atoms with Gasteiger partial charge in [-0.3, -0.25) is 0 Å². The van der Waals surface area contributed by atoms with Crippen LogP contribution in [0.3, 0.4) is 0 Å². The monoisotopic (exact) mass is 190 g/mol. The molecule has 0 aliphatic carbocycles. The molecule has 2 heteroatoms. The van der Waals surface area contributed by atoms with Crippen molar-refractivity contribution in [3.8, 4) is 0 Å². The van der Waals surface area contributed by atoms with Gasteiger partial charge in [-0.05, 0) is 0 Å². The summed E-state index contributed by atoms with van der Waals surface area (Å²) in [6.07, 6.45) is 0. The molecule has 0 aliphatic rings. The first-order chi connectivity index (χ1) is 2.00. The van der Waals surface area contributed by atoms with Crippen molar-refractivity contribution in [1.82, 2.24) is 0 Å². The van der Waals surface area contributed by atoms with Gasteiger partial charge in [0.15, 0.2) is 0 Å². The molecule has 32 valence electrons. The minimum absolute atomic E-state index is 0.450. The zero-order chi connectivity index (χ0) is 4.50. The van der Waals surface area contributed by atoms with Crippen LogP contribution in [0.1, 0.15) is 13.8 Å². The molecule has 0 saturated carbocycles. The third-order valence-electron chi connectivity index (χ3n) is 0. The predicted molar refractivity (Wildman–Crippen MR) is 23.4 cm³/mol. The van der Waals surface area contributed by atoms with Crippen LogP contribution in [0, 0.1) is 0 Å². The van der Waals surface area contributed by atoms with Gasteiger partial charge >= 0.3 is 44.9 Å². The van der Waals surface area contributed by atoms with Crippen LogP contribution in [0.4, 0.5) is 0 Å². The summed E-state index contributed by atoms with van der Waals surface area (Å²) in [7, 11) is 0. The van der Waals surface area contributed by atoms with E-state index in [1.807, 2.05) is 0 Å². The molecule has 0 bridgehead atoms. The molecule has 1 nitrogen and oxygen atoms in total. The van der Waals surface area contributed by atoms with E-state index in [0.29, 0.717) is 0 Å². The predicted octanol–water partition coefficient (Wildman–Crippen LogP) is -0.384. The topological polar surface area (TPSA) is 20.2 Å². The fourth-order valence-electron chi connectivity index (χ4n) is 0. The molecule has 0 aromatic rings. The summed E-state index contributed by atoms with van der Waals surface area (Å²) in [6, 6.07) is 0. The fourth-order valence-corrected chi connectivity index (χ4v) is 0. The molecule has 0 amide bonds. The summed E-state index contributed by atoms with van der Waals surface area (Å²) >= 11 is 1.43. The second-order valence-corrected chi connectivity index (χ2v) is 4.62. The molecule has 0 heterocycles. The van der Waals surface area contributed by atoms with Crippen molar-refractivity contribution in [2.75, 3.05) is 0 Å². The van der Waals surface area contributed by atoms with E-state index in [4.69, 9.17) is 5.11 Å². The van der Waals surface area contributed by atoms with E-state index in [1.165, 1.54) is 22.3 Å². The second kappa shape index (κ2) is 1.47. The van der Waals surface area contributed by atoms with Crippen molar-refractivity contribution < 1.29 is 5.11 Å². The molecular weight excluding hydrogens is 180 g/mol. The van der Waals surface area contributed by atoms with Crippen molar-refractivity contribution in [3.05, 3.63) is 0 Å². The van der Waals surface area contributed by atoms with Gasteiger partial charge in [-0.1, -0.05) is 0 Å². The second-order valence-electron chi connectivity index (χ2n) is 1.49. The van der Waals surface area contributed by atoms with E-state index in [9.17, 15) is 0 Å². The summed E-state index contributed by atoms with van der Waals surface area (Å²) in [4.78, 5) is 0. The third-order valence-corrected chi connectivity index (χ3v) is 0. The van der Waals surface area contributed by atoms with Gasteiger partial charge in [0.2, 0.25) is 0 Å². The molecule has 0 atom stereocenters. The maximum atomic E-state index is 8.54. The van der Waals surface area contributed by atoms with Gasteiger partial charge in [-0.25, -0.2) is 0 Å². The Bertz CT molecular complexity index is 22.4. The van der Waals surface area contributed by atoms with E-state index >= 15 is 0 Å². The Balaban J connectivity index is 3.02. The summed E-state index contributed by atoms with van der Waals surface area (Å²) in [5, 5.41) is 8.54. The summed E-state index contributed by atoms with van der Waals surface area (Å²) in [5.41, 5.74) is 0. The van der Waals surface area contributed by atoms with Crippen LogP contribution in [0.5, 0.6) is 0 Å². The molecule has 0 fully saturated rings. The zero-order valence-electron chi connectivity index (χ0n) is 3.39. The number of hydrogen-bond donors (Lipinski definition) is 1. The molecular formula is C3H8OTe. The number of hydrogen-bond acceptors (Lipinski definition) is 1. The number of rotatable bonds is 0. The van der Waals surface area contributed by atoms with Crippen molar-refractivity contribution in [2.45, 2.75) is 17.5 Å².